The first-order valence-electron chi connectivity index (χ1n) is 4.08. The molecule has 0 spiro atoms. The molecule has 1 amide bonds. The van der Waals surface area contributed by atoms with Gasteiger partial charge in [-0.05, 0) is 28.1 Å². The van der Waals surface area contributed by atoms with Gasteiger partial charge < -0.3 is 4.90 Å². The lowest BCUT2D eigenvalue weighted by Gasteiger charge is -2.14. The third-order valence-corrected chi connectivity index (χ3v) is 2.35. The first-order chi connectivity index (χ1) is 6.65. The Morgan fingerprint density at radius 3 is 2.86 bits per heavy atom. The molecule has 0 atom stereocenters. The minimum atomic E-state index is -0.113. The van der Waals surface area contributed by atoms with Crippen LogP contribution in [0.15, 0.2) is 22.8 Å². The zero-order valence-electron chi connectivity index (χ0n) is 7.70. The molecule has 0 unspecified atom stereocenters. The molecule has 0 aliphatic rings. The summed E-state index contributed by atoms with van der Waals surface area (Å²) in [6, 6.07) is 3.46. The highest BCUT2D eigenvalue weighted by atomic mass is 79.9. The number of hydrogen-bond donors (Lipinski definition) is 0. The topological polar surface area (TPSA) is 33.2 Å². The van der Waals surface area contributed by atoms with E-state index in [4.69, 9.17) is 11.6 Å². The molecule has 0 fully saturated rings. The van der Waals surface area contributed by atoms with E-state index in [2.05, 4.69) is 20.9 Å². The molecule has 14 heavy (non-hydrogen) atoms. The highest BCUT2D eigenvalue weighted by Crippen LogP contribution is 2.08. The van der Waals surface area contributed by atoms with Crippen molar-refractivity contribution in [3.8, 4) is 0 Å². The Morgan fingerprint density at radius 1 is 1.64 bits per heavy atom. The number of rotatable bonds is 3. The van der Waals surface area contributed by atoms with Crippen molar-refractivity contribution in [3.63, 3.8) is 0 Å². The van der Waals surface area contributed by atoms with E-state index in [1.54, 1.807) is 30.3 Å². The molecule has 0 aliphatic heterocycles. The molecule has 76 valence electrons. The Kier molecular flexibility index (Phi) is 4.35. The van der Waals surface area contributed by atoms with Gasteiger partial charge in [0.15, 0.2) is 0 Å². The zero-order valence-corrected chi connectivity index (χ0v) is 10.0. The van der Waals surface area contributed by atoms with Crippen molar-refractivity contribution in [2.75, 3.05) is 19.5 Å². The third kappa shape index (κ3) is 2.96. The van der Waals surface area contributed by atoms with E-state index in [0.29, 0.717) is 18.1 Å². The number of aromatic nitrogens is 1. The fourth-order valence-electron chi connectivity index (χ4n) is 0.926. The van der Waals surface area contributed by atoms with Crippen LogP contribution in [-0.2, 0) is 0 Å². The number of hydrogen-bond acceptors (Lipinski definition) is 2. The zero-order chi connectivity index (χ0) is 10.6. The number of alkyl halides is 1. The standard InChI is InChI=1S/C9H10BrClN2O/c1-13(5-4-11)9(14)8-3-2-7(10)6-12-8/h2-3,6H,4-5H2,1H3. The van der Waals surface area contributed by atoms with E-state index >= 15 is 0 Å². The van der Waals surface area contributed by atoms with Crippen LogP contribution in [0.5, 0.6) is 0 Å². The maximum absolute atomic E-state index is 11.6. The average molecular weight is 278 g/mol. The lowest BCUT2D eigenvalue weighted by atomic mass is 10.3. The van der Waals surface area contributed by atoms with Crippen LogP contribution in [0.1, 0.15) is 10.5 Å². The highest BCUT2D eigenvalue weighted by molar-refractivity contribution is 9.10. The molecule has 0 N–H and O–H groups in total. The summed E-state index contributed by atoms with van der Waals surface area (Å²) in [7, 11) is 1.70. The normalized spacial score (nSPS) is 9.93. The summed E-state index contributed by atoms with van der Waals surface area (Å²) in [5.41, 5.74) is 0.431. The van der Waals surface area contributed by atoms with Crippen LogP contribution in [0.25, 0.3) is 0 Å². The highest BCUT2D eigenvalue weighted by Gasteiger charge is 2.11. The summed E-state index contributed by atoms with van der Waals surface area (Å²) in [6.45, 7) is 0.526. The van der Waals surface area contributed by atoms with Crippen molar-refractivity contribution in [2.24, 2.45) is 0 Å². The Morgan fingerprint density at radius 2 is 2.36 bits per heavy atom. The third-order valence-electron chi connectivity index (χ3n) is 1.71. The van der Waals surface area contributed by atoms with Crippen molar-refractivity contribution in [2.45, 2.75) is 0 Å². The molecular weight excluding hydrogens is 267 g/mol. The van der Waals surface area contributed by atoms with Crippen LogP contribution in [0.2, 0.25) is 0 Å². The van der Waals surface area contributed by atoms with Gasteiger partial charge in [-0.1, -0.05) is 0 Å². The molecule has 1 heterocycles. The maximum Gasteiger partial charge on any atom is 0.272 e. The lowest BCUT2D eigenvalue weighted by molar-refractivity contribution is 0.0797. The predicted molar refractivity (Wildman–Crippen MR) is 59.6 cm³/mol. The van der Waals surface area contributed by atoms with E-state index in [0.717, 1.165) is 4.47 Å². The van der Waals surface area contributed by atoms with Crippen LogP contribution in [0.4, 0.5) is 0 Å². The smallest absolute Gasteiger partial charge is 0.272 e. The average Bonchev–Trinajstić information content (AvgIpc) is 2.18. The second kappa shape index (κ2) is 5.32. The minimum Gasteiger partial charge on any atom is -0.339 e. The summed E-state index contributed by atoms with van der Waals surface area (Å²) in [4.78, 5) is 17.2. The van der Waals surface area contributed by atoms with Crippen molar-refractivity contribution in [1.82, 2.24) is 9.88 Å². The summed E-state index contributed by atoms with van der Waals surface area (Å²) >= 11 is 8.79. The fourth-order valence-corrected chi connectivity index (χ4v) is 1.41. The molecule has 1 aromatic heterocycles. The van der Waals surface area contributed by atoms with Gasteiger partial charge in [-0.2, -0.15) is 0 Å². The summed E-state index contributed by atoms with van der Waals surface area (Å²) in [5.74, 6) is 0.317. The Balaban J connectivity index is 2.74. The second-order valence-corrected chi connectivity index (χ2v) is 4.07. The van der Waals surface area contributed by atoms with Crippen LogP contribution >= 0.6 is 27.5 Å². The number of amides is 1. The van der Waals surface area contributed by atoms with Crippen molar-refractivity contribution >= 4 is 33.4 Å². The van der Waals surface area contributed by atoms with Crippen molar-refractivity contribution in [3.05, 3.63) is 28.5 Å². The summed E-state index contributed by atoms with van der Waals surface area (Å²) in [6.07, 6.45) is 1.60. The van der Waals surface area contributed by atoms with E-state index in [1.807, 2.05) is 0 Å². The molecule has 5 heteroatoms. The van der Waals surface area contributed by atoms with Crippen LogP contribution in [-0.4, -0.2) is 35.3 Å². The van der Waals surface area contributed by atoms with E-state index < -0.39 is 0 Å². The maximum atomic E-state index is 11.6. The second-order valence-electron chi connectivity index (χ2n) is 2.78. The molecule has 1 aromatic rings. The molecule has 0 bridgehead atoms. The van der Waals surface area contributed by atoms with Crippen LogP contribution < -0.4 is 0 Å². The van der Waals surface area contributed by atoms with E-state index in [1.165, 1.54) is 0 Å². The van der Waals surface area contributed by atoms with Gasteiger partial charge in [0.2, 0.25) is 0 Å². The lowest BCUT2D eigenvalue weighted by Crippen LogP contribution is -2.29. The van der Waals surface area contributed by atoms with E-state index in [9.17, 15) is 4.79 Å². The number of carbonyl (C=O) groups is 1. The van der Waals surface area contributed by atoms with Gasteiger partial charge >= 0.3 is 0 Å². The quantitative estimate of drug-likeness (QED) is 0.793. The van der Waals surface area contributed by atoms with Crippen molar-refractivity contribution < 1.29 is 4.79 Å². The van der Waals surface area contributed by atoms with Crippen LogP contribution in [0, 0.1) is 0 Å². The molecule has 3 nitrogen and oxygen atoms in total. The largest absolute Gasteiger partial charge is 0.339 e. The Bertz CT molecular complexity index is 315. The number of pyridine rings is 1. The number of nitrogens with zero attached hydrogens (tertiary/aromatic N) is 2. The molecule has 0 aromatic carbocycles. The molecule has 1 rings (SSSR count). The fraction of sp³-hybridized carbons (Fsp3) is 0.333. The van der Waals surface area contributed by atoms with Gasteiger partial charge in [0, 0.05) is 30.1 Å². The molecular formula is C9H10BrClN2O. The Hall–Kier alpha value is -0.610. The van der Waals surface area contributed by atoms with Gasteiger partial charge in [-0.25, -0.2) is 4.98 Å². The van der Waals surface area contributed by atoms with Gasteiger partial charge in [0.1, 0.15) is 5.69 Å². The van der Waals surface area contributed by atoms with Gasteiger partial charge in [-0.3, -0.25) is 4.79 Å². The van der Waals surface area contributed by atoms with Gasteiger partial charge in [0.05, 0.1) is 0 Å². The molecule has 0 radical (unpaired) electrons. The van der Waals surface area contributed by atoms with E-state index in [-0.39, 0.29) is 5.91 Å². The number of carbonyl (C=O) groups excluding carboxylic acids is 1. The number of halogens is 2. The molecule has 0 saturated carbocycles. The molecule has 0 aliphatic carbocycles. The Labute approximate surface area is 96.2 Å². The SMILES string of the molecule is CN(CCCl)C(=O)c1ccc(Br)cn1. The van der Waals surface area contributed by atoms with Gasteiger partial charge in [0.25, 0.3) is 5.91 Å². The predicted octanol–water partition coefficient (Wildman–Crippen LogP) is 2.15. The molecule has 0 saturated heterocycles. The monoisotopic (exact) mass is 276 g/mol. The van der Waals surface area contributed by atoms with Gasteiger partial charge in [-0.15, -0.1) is 11.6 Å². The van der Waals surface area contributed by atoms with Crippen molar-refractivity contribution in [1.29, 1.82) is 0 Å². The minimum absolute atomic E-state index is 0.113. The van der Waals surface area contributed by atoms with Crippen LogP contribution in [0.3, 0.4) is 0 Å². The first kappa shape index (κ1) is 11.5. The first-order valence-corrected chi connectivity index (χ1v) is 5.41. The summed E-state index contributed by atoms with van der Waals surface area (Å²) < 4.78 is 0.856. The summed E-state index contributed by atoms with van der Waals surface area (Å²) in [5, 5.41) is 0.